The Bertz CT molecular complexity index is 565. The monoisotopic (exact) mass is 340 g/mol. The van der Waals surface area contributed by atoms with Crippen molar-refractivity contribution in [3.05, 3.63) is 22.2 Å². The van der Waals surface area contributed by atoms with Gasteiger partial charge in [-0.2, -0.15) is 0 Å². The van der Waals surface area contributed by atoms with Crippen LogP contribution in [-0.2, 0) is 10.0 Å². The summed E-state index contributed by atoms with van der Waals surface area (Å²) in [4.78, 5) is -0.0403. The first kappa shape index (κ1) is 17.5. The van der Waals surface area contributed by atoms with Crippen molar-refractivity contribution in [3.8, 4) is 0 Å². The van der Waals surface area contributed by atoms with Crippen LogP contribution in [0.25, 0.3) is 0 Å². The number of rotatable bonds is 6. The zero-order valence-electron chi connectivity index (χ0n) is 11.3. The third kappa shape index (κ3) is 4.49. The van der Waals surface area contributed by atoms with Gasteiger partial charge in [-0.15, -0.1) is 0 Å². The van der Waals surface area contributed by atoms with Gasteiger partial charge < -0.3 is 10.8 Å². The van der Waals surface area contributed by atoms with E-state index < -0.39 is 10.0 Å². The SMILES string of the molecule is CC(C)(CCO)CNS(=O)(=O)c1cc(Cl)c(N)c(Cl)c1. The summed E-state index contributed by atoms with van der Waals surface area (Å²) in [5.41, 5.74) is 5.36. The molecular formula is C12H18Cl2N2O3S. The first-order valence-corrected chi connectivity index (χ1v) is 8.18. The second kappa shape index (κ2) is 6.49. The molecular weight excluding hydrogens is 323 g/mol. The van der Waals surface area contributed by atoms with Crippen molar-refractivity contribution in [2.75, 3.05) is 18.9 Å². The Morgan fingerprint density at radius 1 is 1.30 bits per heavy atom. The number of nitrogen functional groups attached to an aromatic ring is 1. The van der Waals surface area contributed by atoms with E-state index in [0.717, 1.165) is 0 Å². The molecule has 20 heavy (non-hydrogen) atoms. The second-order valence-corrected chi connectivity index (χ2v) is 7.84. The van der Waals surface area contributed by atoms with E-state index in [2.05, 4.69) is 4.72 Å². The van der Waals surface area contributed by atoms with Gasteiger partial charge in [-0.3, -0.25) is 0 Å². The molecule has 0 aliphatic rings. The van der Waals surface area contributed by atoms with Crippen molar-refractivity contribution < 1.29 is 13.5 Å². The van der Waals surface area contributed by atoms with Gasteiger partial charge in [-0.05, 0) is 24.0 Å². The fraction of sp³-hybridized carbons (Fsp3) is 0.500. The average molecular weight is 341 g/mol. The Balaban J connectivity index is 2.95. The van der Waals surface area contributed by atoms with Gasteiger partial charge in [0.1, 0.15) is 0 Å². The van der Waals surface area contributed by atoms with Crippen molar-refractivity contribution in [2.45, 2.75) is 25.2 Å². The zero-order chi connectivity index (χ0) is 15.6. The zero-order valence-corrected chi connectivity index (χ0v) is 13.6. The lowest BCUT2D eigenvalue weighted by Gasteiger charge is -2.23. The molecule has 8 heteroatoms. The predicted octanol–water partition coefficient (Wildman–Crippen LogP) is 2.26. The van der Waals surface area contributed by atoms with E-state index >= 15 is 0 Å². The highest BCUT2D eigenvalue weighted by Gasteiger charge is 2.23. The Labute approximate surface area is 129 Å². The molecule has 0 amide bonds. The van der Waals surface area contributed by atoms with Crippen LogP contribution >= 0.6 is 23.2 Å². The van der Waals surface area contributed by atoms with E-state index in [9.17, 15) is 8.42 Å². The summed E-state index contributed by atoms with van der Waals surface area (Å²) in [5, 5.41) is 9.11. The van der Waals surface area contributed by atoms with Gasteiger partial charge in [0, 0.05) is 13.2 Å². The lowest BCUT2D eigenvalue weighted by molar-refractivity contribution is 0.213. The maximum Gasteiger partial charge on any atom is 0.240 e. The number of anilines is 1. The van der Waals surface area contributed by atoms with E-state index in [1.165, 1.54) is 12.1 Å². The van der Waals surface area contributed by atoms with Gasteiger partial charge in [-0.1, -0.05) is 37.0 Å². The number of halogens is 2. The minimum Gasteiger partial charge on any atom is -0.396 e. The molecule has 0 fully saturated rings. The summed E-state index contributed by atoms with van der Waals surface area (Å²) in [6.45, 7) is 3.90. The van der Waals surface area contributed by atoms with Crippen LogP contribution in [0.1, 0.15) is 20.3 Å². The summed E-state index contributed by atoms with van der Waals surface area (Å²) in [7, 11) is -3.73. The number of aliphatic hydroxyl groups is 1. The van der Waals surface area contributed by atoms with Crippen LogP contribution in [0.3, 0.4) is 0 Å². The molecule has 0 aromatic heterocycles. The molecule has 0 aliphatic carbocycles. The lowest BCUT2D eigenvalue weighted by Crippen LogP contribution is -2.34. The number of hydrogen-bond donors (Lipinski definition) is 3. The molecule has 0 bridgehead atoms. The van der Waals surface area contributed by atoms with Gasteiger partial charge in [0.15, 0.2) is 0 Å². The molecule has 0 saturated carbocycles. The molecule has 0 unspecified atom stereocenters. The lowest BCUT2D eigenvalue weighted by atomic mass is 9.90. The van der Waals surface area contributed by atoms with Crippen molar-refractivity contribution >= 4 is 38.9 Å². The van der Waals surface area contributed by atoms with Crippen LogP contribution < -0.4 is 10.5 Å². The highest BCUT2D eigenvalue weighted by Crippen LogP contribution is 2.30. The topological polar surface area (TPSA) is 92.4 Å². The Kier molecular flexibility index (Phi) is 5.69. The molecule has 0 heterocycles. The van der Waals surface area contributed by atoms with Gasteiger partial charge >= 0.3 is 0 Å². The van der Waals surface area contributed by atoms with Gasteiger partial charge in [0.2, 0.25) is 10.0 Å². The Hall–Kier alpha value is -0.530. The molecule has 0 atom stereocenters. The number of hydrogen-bond acceptors (Lipinski definition) is 4. The number of sulfonamides is 1. The number of benzene rings is 1. The van der Waals surface area contributed by atoms with Crippen LogP contribution in [0.2, 0.25) is 10.0 Å². The largest absolute Gasteiger partial charge is 0.396 e. The van der Waals surface area contributed by atoms with Crippen molar-refractivity contribution in [3.63, 3.8) is 0 Å². The molecule has 1 aromatic rings. The van der Waals surface area contributed by atoms with Crippen molar-refractivity contribution in [2.24, 2.45) is 5.41 Å². The number of nitrogens with one attached hydrogen (secondary N) is 1. The Morgan fingerprint density at radius 3 is 2.25 bits per heavy atom. The van der Waals surface area contributed by atoms with E-state index in [1.54, 1.807) is 0 Å². The van der Waals surface area contributed by atoms with Crippen LogP contribution in [0, 0.1) is 5.41 Å². The summed E-state index contributed by atoms with van der Waals surface area (Å²) >= 11 is 11.7. The molecule has 0 saturated heterocycles. The van der Waals surface area contributed by atoms with Crippen LogP contribution in [0.4, 0.5) is 5.69 Å². The van der Waals surface area contributed by atoms with Crippen LogP contribution in [0.15, 0.2) is 17.0 Å². The maximum absolute atomic E-state index is 12.2. The molecule has 0 radical (unpaired) electrons. The minimum absolute atomic E-state index is 0.00570. The quantitative estimate of drug-likeness (QED) is 0.692. The van der Waals surface area contributed by atoms with E-state index in [0.29, 0.717) is 6.42 Å². The summed E-state index contributed by atoms with van der Waals surface area (Å²) < 4.78 is 26.8. The second-order valence-electron chi connectivity index (χ2n) is 5.26. The molecule has 0 aliphatic heterocycles. The molecule has 1 aromatic carbocycles. The average Bonchev–Trinajstić information content (AvgIpc) is 2.33. The third-order valence-electron chi connectivity index (χ3n) is 2.89. The minimum atomic E-state index is -3.73. The highest BCUT2D eigenvalue weighted by molar-refractivity contribution is 7.89. The molecule has 5 nitrogen and oxygen atoms in total. The Morgan fingerprint density at radius 2 is 1.80 bits per heavy atom. The van der Waals surface area contributed by atoms with Crippen LogP contribution in [0.5, 0.6) is 0 Å². The van der Waals surface area contributed by atoms with Crippen molar-refractivity contribution in [1.29, 1.82) is 0 Å². The van der Waals surface area contributed by atoms with Gasteiger partial charge in [0.25, 0.3) is 0 Å². The summed E-state index contributed by atoms with van der Waals surface area (Å²) in [6.07, 6.45) is 0.485. The molecule has 0 spiro atoms. The van der Waals surface area contributed by atoms with E-state index in [1.807, 2.05) is 13.8 Å². The predicted molar refractivity (Wildman–Crippen MR) is 81.5 cm³/mol. The summed E-state index contributed by atoms with van der Waals surface area (Å²) in [5.74, 6) is 0. The van der Waals surface area contributed by atoms with Crippen molar-refractivity contribution in [1.82, 2.24) is 4.72 Å². The first-order chi connectivity index (χ1) is 9.09. The highest BCUT2D eigenvalue weighted by atomic mass is 35.5. The summed E-state index contributed by atoms with van der Waals surface area (Å²) in [6, 6.07) is 2.51. The maximum atomic E-state index is 12.2. The molecule has 4 N–H and O–H groups in total. The third-order valence-corrected chi connectivity index (χ3v) is 4.90. The van der Waals surface area contributed by atoms with E-state index in [4.69, 9.17) is 34.0 Å². The molecule has 114 valence electrons. The normalized spacial score (nSPS) is 12.7. The standard InChI is InChI=1S/C12H18Cl2N2O3S/c1-12(2,3-4-17)7-16-20(18,19)8-5-9(13)11(15)10(14)6-8/h5-6,16-17H,3-4,7,15H2,1-2H3. The van der Waals surface area contributed by atoms with E-state index in [-0.39, 0.29) is 39.2 Å². The fourth-order valence-corrected chi connectivity index (χ4v) is 3.39. The van der Waals surface area contributed by atoms with Gasteiger partial charge in [-0.25, -0.2) is 13.1 Å². The van der Waals surface area contributed by atoms with Crippen LogP contribution in [-0.4, -0.2) is 26.7 Å². The molecule has 1 rings (SSSR count). The first-order valence-electron chi connectivity index (χ1n) is 5.94. The fourth-order valence-electron chi connectivity index (χ4n) is 1.48. The van der Waals surface area contributed by atoms with Gasteiger partial charge in [0.05, 0.1) is 20.6 Å². The number of aliphatic hydroxyl groups excluding tert-OH is 1. The smallest absolute Gasteiger partial charge is 0.240 e. The number of nitrogens with two attached hydrogens (primary N) is 1.